The van der Waals surface area contributed by atoms with Gasteiger partial charge in [0.1, 0.15) is 5.76 Å². The van der Waals surface area contributed by atoms with Crippen LogP contribution < -0.4 is 5.32 Å². The van der Waals surface area contributed by atoms with Crippen LogP contribution in [0.3, 0.4) is 0 Å². The van der Waals surface area contributed by atoms with Crippen molar-refractivity contribution in [2.24, 2.45) is 5.41 Å². The Labute approximate surface area is 114 Å². The normalized spacial score (nSPS) is 11.6. The van der Waals surface area contributed by atoms with Gasteiger partial charge in [-0.2, -0.15) is 0 Å². The minimum atomic E-state index is -0.0760. The maximum Gasteiger partial charge on any atom is 0.220 e. The lowest BCUT2D eigenvalue weighted by Gasteiger charge is -2.23. The molecule has 108 valence electrons. The Morgan fingerprint density at radius 3 is 2.63 bits per heavy atom. The first-order chi connectivity index (χ1) is 8.85. The van der Waals surface area contributed by atoms with Gasteiger partial charge >= 0.3 is 0 Å². The molecule has 1 aromatic heterocycles. The van der Waals surface area contributed by atoms with Gasteiger partial charge in [-0.1, -0.05) is 19.0 Å². The van der Waals surface area contributed by atoms with Gasteiger partial charge in [-0.05, 0) is 32.1 Å². The van der Waals surface area contributed by atoms with E-state index in [0.717, 1.165) is 17.0 Å². The number of aliphatic hydroxyl groups excluding tert-OH is 1. The monoisotopic (exact) mass is 268 g/mol. The van der Waals surface area contributed by atoms with Crippen molar-refractivity contribution in [2.75, 3.05) is 13.2 Å². The van der Waals surface area contributed by atoms with Crippen LogP contribution in [0.15, 0.2) is 4.52 Å². The molecule has 1 amide bonds. The lowest BCUT2D eigenvalue weighted by molar-refractivity contribution is -0.121. The molecular formula is C14H24N2O3. The molecule has 0 unspecified atom stereocenters. The molecule has 0 saturated heterocycles. The molecule has 0 atom stereocenters. The second kappa shape index (κ2) is 6.70. The smallest absolute Gasteiger partial charge is 0.220 e. The fourth-order valence-corrected chi connectivity index (χ4v) is 1.91. The fourth-order valence-electron chi connectivity index (χ4n) is 1.91. The highest BCUT2D eigenvalue weighted by Crippen LogP contribution is 2.18. The Morgan fingerprint density at radius 2 is 2.11 bits per heavy atom. The van der Waals surface area contributed by atoms with Crippen molar-refractivity contribution in [3.63, 3.8) is 0 Å². The van der Waals surface area contributed by atoms with Crippen molar-refractivity contribution in [3.05, 3.63) is 17.0 Å². The SMILES string of the molecule is Cc1noc(C)c1CCC(=O)NCC(C)(C)CCO. The molecule has 19 heavy (non-hydrogen) atoms. The summed E-state index contributed by atoms with van der Waals surface area (Å²) in [4.78, 5) is 11.8. The first-order valence-corrected chi connectivity index (χ1v) is 6.65. The Balaban J connectivity index is 2.37. The van der Waals surface area contributed by atoms with Crippen molar-refractivity contribution >= 4 is 5.91 Å². The molecular weight excluding hydrogens is 244 g/mol. The fraction of sp³-hybridized carbons (Fsp3) is 0.714. The van der Waals surface area contributed by atoms with Gasteiger partial charge in [0, 0.05) is 25.1 Å². The van der Waals surface area contributed by atoms with E-state index in [-0.39, 0.29) is 17.9 Å². The lowest BCUT2D eigenvalue weighted by atomic mass is 9.89. The van der Waals surface area contributed by atoms with Gasteiger partial charge in [0.15, 0.2) is 0 Å². The highest BCUT2D eigenvalue weighted by atomic mass is 16.5. The summed E-state index contributed by atoms with van der Waals surface area (Å²) in [5.41, 5.74) is 1.80. The highest BCUT2D eigenvalue weighted by Gasteiger charge is 2.18. The maximum atomic E-state index is 11.8. The first-order valence-electron chi connectivity index (χ1n) is 6.65. The minimum Gasteiger partial charge on any atom is -0.396 e. The molecule has 0 fully saturated rings. The van der Waals surface area contributed by atoms with Crippen LogP contribution in [-0.2, 0) is 11.2 Å². The average molecular weight is 268 g/mol. The summed E-state index contributed by atoms with van der Waals surface area (Å²) >= 11 is 0. The average Bonchev–Trinajstić information content (AvgIpc) is 2.64. The number of aromatic nitrogens is 1. The molecule has 0 radical (unpaired) electrons. The lowest BCUT2D eigenvalue weighted by Crippen LogP contribution is -2.34. The number of aliphatic hydroxyl groups is 1. The third-order valence-electron chi connectivity index (χ3n) is 3.34. The molecule has 1 rings (SSSR count). The van der Waals surface area contributed by atoms with Gasteiger partial charge < -0.3 is 14.9 Å². The van der Waals surface area contributed by atoms with E-state index in [4.69, 9.17) is 9.63 Å². The van der Waals surface area contributed by atoms with Gasteiger partial charge in [-0.3, -0.25) is 4.79 Å². The van der Waals surface area contributed by atoms with Gasteiger partial charge in [0.05, 0.1) is 5.69 Å². The number of hydrogen-bond donors (Lipinski definition) is 2. The Bertz CT molecular complexity index is 405. The number of carbonyl (C=O) groups is 1. The van der Waals surface area contributed by atoms with Crippen molar-refractivity contribution in [2.45, 2.75) is 47.0 Å². The van der Waals surface area contributed by atoms with Crippen molar-refractivity contribution in [1.29, 1.82) is 0 Å². The second-order valence-electron chi connectivity index (χ2n) is 5.72. The number of hydrogen-bond acceptors (Lipinski definition) is 4. The highest BCUT2D eigenvalue weighted by molar-refractivity contribution is 5.76. The molecule has 0 aliphatic carbocycles. The summed E-state index contributed by atoms with van der Waals surface area (Å²) in [6.45, 7) is 8.51. The van der Waals surface area contributed by atoms with Gasteiger partial charge in [0.2, 0.25) is 5.91 Å². The summed E-state index contributed by atoms with van der Waals surface area (Å²) in [6.07, 6.45) is 1.75. The molecule has 1 aromatic rings. The van der Waals surface area contributed by atoms with E-state index >= 15 is 0 Å². The molecule has 0 aromatic carbocycles. The zero-order chi connectivity index (χ0) is 14.5. The molecule has 0 aliphatic heterocycles. The summed E-state index contributed by atoms with van der Waals surface area (Å²) in [5.74, 6) is 0.803. The van der Waals surface area contributed by atoms with Crippen LogP contribution in [0.25, 0.3) is 0 Å². The van der Waals surface area contributed by atoms with E-state index in [1.165, 1.54) is 0 Å². The van der Waals surface area contributed by atoms with Crippen molar-refractivity contribution < 1.29 is 14.4 Å². The third-order valence-corrected chi connectivity index (χ3v) is 3.34. The van der Waals surface area contributed by atoms with Crippen LogP contribution in [-0.4, -0.2) is 29.3 Å². The van der Waals surface area contributed by atoms with Crippen molar-refractivity contribution in [1.82, 2.24) is 10.5 Å². The maximum absolute atomic E-state index is 11.8. The molecule has 5 nitrogen and oxygen atoms in total. The number of amides is 1. The number of nitrogens with one attached hydrogen (secondary N) is 1. The van der Waals surface area contributed by atoms with Crippen LogP contribution in [0.1, 0.15) is 43.7 Å². The van der Waals surface area contributed by atoms with E-state index in [1.807, 2.05) is 27.7 Å². The molecule has 0 saturated carbocycles. The number of nitrogens with zero attached hydrogens (tertiary/aromatic N) is 1. The Kier molecular flexibility index (Phi) is 5.54. The van der Waals surface area contributed by atoms with E-state index < -0.39 is 0 Å². The quantitative estimate of drug-likeness (QED) is 0.790. The number of carbonyl (C=O) groups excluding carboxylic acids is 1. The van der Waals surface area contributed by atoms with E-state index in [0.29, 0.717) is 25.8 Å². The van der Waals surface area contributed by atoms with Crippen LogP contribution >= 0.6 is 0 Å². The van der Waals surface area contributed by atoms with Crippen LogP contribution in [0.4, 0.5) is 0 Å². The predicted molar refractivity (Wildman–Crippen MR) is 72.8 cm³/mol. The molecule has 0 spiro atoms. The predicted octanol–water partition coefficient (Wildman–Crippen LogP) is 1.75. The van der Waals surface area contributed by atoms with Gasteiger partial charge in [-0.15, -0.1) is 0 Å². The van der Waals surface area contributed by atoms with E-state index in [9.17, 15) is 4.79 Å². The molecule has 0 bridgehead atoms. The molecule has 0 aliphatic rings. The summed E-state index contributed by atoms with van der Waals surface area (Å²) in [7, 11) is 0. The van der Waals surface area contributed by atoms with Crippen LogP contribution in [0.5, 0.6) is 0 Å². The van der Waals surface area contributed by atoms with Gasteiger partial charge in [-0.25, -0.2) is 0 Å². The molecule has 1 heterocycles. The summed E-state index contributed by atoms with van der Waals surface area (Å²) in [5, 5.41) is 15.7. The van der Waals surface area contributed by atoms with Crippen molar-refractivity contribution in [3.8, 4) is 0 Å². The number of rotatable bonds is 7. The standard InChI is InChI=1S/C14H24N2O3/c1-10-12(11(2)19-16-10)5-6-13(18)15-9-14(3,4)7-8-17/h17H,5-9H2,1-4H3,(H,15,18). The van der Waals surface area contributed by atoms with E-state index in [1.54, 1.807) is 0 Å². The minimum absolute atomic E-state index is 0.0195. The third kappa shape index (κ3) is 5.03. The van der Waals surface area contributed by atoms with E-state index in [2.05, 4.69) is 10.5 Å². The molecule has 5 heteroatoms. The second-order valence-corrected chi connectivity index (χ2v) is 5.72. The topological polar surface area (TPSA) is 75.4 Å². The van der Waals surface area contributed by atoms with Gasteiger partial charge in [0.25, 0.3) is 0 Å². The first kappa shape index (κ1) is 15.7. The van der Waals surface area contributed by atoms with Crippen LogP contribution in [0.2, 0.25) is 0 Å². The summed E-state index contributed by atoms with van der Waals surface area (Å²) < 4.78 is 5.06. The summed E-state index contributed by atoms with van der Waals surface area (Å²) in [6, 6.07) is 0. The number of aryl methyl sites for hydroxylation is 2. The zero-order valence-corrected chi connectivity index (χ0v) is 12.2. The van der Waals surface area contributed by atoms with Crippen LogP contribution in [0, 0.1) is 19.3 Å². The molecule has 2 N–H and O–H groups in total. The Morgan fingerprint density at radius 1 is 1.42 bits per heavy atom. The largest absolute Gasteiger partial charge is 0.396 e. The zero-order valence-electron chi connectivity index (χ0n) is 12.2. The Hall–Kier alpha value is -1.36.